The van der Waals surface area contributed by atoms with Gasteiger partial charge in [0.05, 0.1) is 4.92 Å². The van der Waals surface area contributed by atoms with Gasteiger partial charge in [0.2, 0.25) is 0 Å². The van der Waals surface area contributed by atoms with E-state index in [-0.39, 0.29) is 23.0 Å². The molecule has 152 valence electrons. The van der Waals surface area contributed by atoms with Crippen LogP contribution in [0.5, 0.6) is 5.75 Å². The molecule has 0 aromatic heterocycles. The van der Waals surface area contributed by atoms with Crippen molar-refractivity contribution >= 4 is 45.6 Å². The van der Waals surface area contributed by atoms with Crippen LogP contribution in [-0.2, 0) is 4.79 Å². The maximum Gasteiger partial charge on any atom is 0.270 e. The zero-order chi connectivity index (χ0) is 21.5. The van der Waals surface area contributed by atoms with Gasteiger partial charge in [-0.25, -0.2) is 0 Å². The first-order chi connectivity index (χ1) is 14.4. The number of benzene rings is 3. The number of nitrogens with one attached hydrogen (secondary N) is 3. The van der Waals surface area contributed by atoms with Crippen LogP contribution in [0.4, 0.5) is 5.69 Å². The number of thiocarbonyl (C=S) groups is 1. The second-order valence-corrected chi connectivity index (χ2v) is 6.47. The number of hydrazine groups is 1. The van der Waals surface area contributed by atoms with E-state index in [1.807, 2.05) is 36.4 Å². The molecule has 0 radical (unpaired) electrons. The average Bonchev–Trinajstić information content (AvgIpc) is 2.76. The Labute approximate surface area is 176 Å². The van der Waals surface area contributed by atoms with E-state index in [1.54, 1.807) is 6.07 Å². The molecule has 0 aliphatic carbocycles. The number of non-ortho nitro benzene ring substituents is 1. The number of hydrogen-bond donors (Lipinski definition) is 3. The van der Waals surface area contributed by atoms with Gasteiger partial charge in [0, 0.05) is 17.7 Å². The lowest BCUT2D eigenvalue weighted by Gasteiger charge is -2.11. The fourth-order valence-corrected chi connectivity index (χ4v) is 2.71. The SMILES string of the molecule is O=C(COc1ccc2ccccc2c1)NC(=S)NNC(=O)c1cccc([N+](=O)[O-])c1. The second kappa shape index (κ2) is 9.43. The lowest BCUT2D eigenvalue weighted by atomic mass is 10.1. The van der Waals surface area contributed by atoms with E-state index in [1.165, 1.54) is 18.2 Å². The Bertz CT molecular complexity index is 1130. The molecule has 3 aromatic carbocycles. The Hall–Kier alpha value is -4.05. The van der Waals surface area contributed by atoms with Gasteiger partial charge in [0.25, 0.3) is 17.5 Å². The first kappa shape index (κ1) is 20.7. The fourth-order valence-electron chi connectivity index (χ4n) is 2.55. The molecule has 3 aromatic rings. The predicted molar refractivity (Wildman–Crippen MR) is 114 cm³/mol. The zero-order valence-corrected chi connectivity index (χ0v) is 16.3. The summed E-state index contributed by atoms with van der Waals surface area (Å²) in [6.07, 6.45) is 0. The highest BCUT2D eigenvalue weighted by Gasteiger charge is 2.12. The Balaban J connectivity index is 1.46. The second-order valence-electron chi connectivity index (χ2n) is 6.06. The molecule has 3 N–H and O–H groups in total. The number of fused-ring (bicyclic) bond motifs is 1. The van der Waals surface area contributed by atoms with Gasteiger partial charge in [-0.05, 0) is 41.2 Å². The van der Waals surface area contributed by atoms with Gasteiger partial charge in [0.15, 0.2) is 11.7 Å². The van der Waals surface area contributed by atoms with Crippen LogP contribution in [0.15, 0.2) is 66.7 Å². The molecule has 0 heterocycles. The molecule has 2 amide bonds. The minimum absolute atomic E-state index is 0.0606. The first-order valence-electron chi connectivity index (χ1n) is 8.68. The number of carbonyl (C=O) groups excluding carboxylic acids is 2. The third-order valence-corrected chi connectivity index (χ3v) is 4.16. The van der Waals surface area contributed by atoms with Crippen LogP contribution >= 0.6 is 12.2 Å². The van der Waals surface area contributed by atoms with E-state index in [0.29, 0.717) is 5.75 Å². The first-order valence-corrected chi connectivity index (χ1v) is 9.09. The van der Waals surface area contributed by atoms with E-state index in [2.05, 4.69) is 16.2 Å². The lowest BCUT2D eigenvalue weighted by molar-refractivity contribution is -0.384. The molecule has 10 heteroatoms. The van der Waals surface area contributed by atoms with Gasteiger partial charge in [-0.1, -0.05) is 36.4 Å². The van der Waals surface area contributed by atoms with Crippen molar-refractivity contribution in [3.8, 4) is 5.75 Å². The highest BCUT2D eigenvalue weighted by atomic mass is 32.1. The fraction of sp³-hybridized carbons (Fsp3) is 0.0500. The van der Waals surface area contributed by atoms with Crippen molar-refractivity contribution in [2.45, 2.75) is 0 Å². The van der Waals surface area contributed by atoms with Crippen LogP contribution in [0.3, 0.4) is 0 Å². The van der Waals surface area contributed by atoms with E-state index in [9.17, 15) is 19.7 Å². The summed E-state index contributed by atoms with van der Waals surface area (Å²) in [4.78, 5) is 34.2. The van der Waals surface area contributed by atoms with Crippen molar-refractivity contribution in [1.29, 1.82) is 0 Å². The molecule has 9 nitrogen and oxygen atoms in total. The van der Waals surface area contributed by atoms with Crippen LogP contribution in [-0.4, -0.2) is 28.5 Å². The van der Waals surface area contributed by atoms with Gasteiger partial charge >= 0.3 is 0 Å². The van der Waals surface area contributed by atoms with Crippen LogP contribution < -0.4 is 20.9 Å². The Morgan fingerprint density at radius 1 is 0.967 bits per heavy atom. The molecule has 0 saturated carbocycles. The quantitative estimate of drug-likeness (QED) is 0.327. The predicted octanol–water partition coefficient (Wildman–Crippen LogP) is 2.46. The highest BCUT2D eigenvalue weighted by molar-refractivity contribution is 7.80. The molecule has 30 heavy (non-hydrogen) atoms. The summed E-state index contributed by atoms with van der Waals surface area (Å²) in [5, 5.41) is 15.0. The van der Waals surface area contributed by atoms with Crippen molar-refractivity contribution < 1.29 is 19.2 Å². The monoisotopic (exact) mass is 424 g/mol. The molecular formula is C20H16N4O5S. The minimum Gasteiger partial charge on any atom is -0.484 e. The van der Waals surface area contributed by atoms with Crippen LogP contribution in [0.25, 0.3) is 10.8 Å². The molecule has 0 unspecified atom stereocenters. The molecular weight excluding hydrogens is 408 g/mol. The van der Waals surface area contributed by atoms with Gasteiger partial charge < -0.3 is 4.74 Å². The molecule has 0 atom stereocenters. The van der Waals surface area contributed by atoms with Crippen LogP contribution in [0, 0.1) is 10.1 Å². The molecule has 0 fully saturated rings. The van der Waals surface area contributed by atoms with E-state index in [0.717, 1.165) is 16.8 Å². The molecule has 0 aliphatic rings. The summed E-state index contributed by atoms with van der Waals surface area (Å²) < 4.78 is 5.46. The number of ether oxygens (including phenoxy) is 1. The van der Waals surface area contributed by atoms with Crippen LogP contribution in [0.2, 0.25) is 0 Å². The van der Waals surface area contributed by atoms with Crippen LogP contribution in [0.1, 0.15) is 10.4 Å². The van der Waals surface area contributed by atoms with Gasteiger partial charge in [-0.2, -0.15) is 0 Å². The van der Waals surface area contributed by atoms with E-state index in [4.69, 9.17) is 17.0 Å². The van der Waals surface area contributed by atoms with Gasteiger partial charge in [-0.15, -0.1) is 0 Å². The van der Waals surface area contributed by atoms with E-state index < -0.39 is 16.7 Å². The summed E-state index contributed by atoms with van der Waals surface area (Å²) in [6.45, 7) is -0.279. The van der Waals surface area contributed by atoms with Crippen molar-refractivity contribution in [2.24, 2.45) is 0 Å². The summed E-state index contributed by atoms with van der Waals surface area (Å²) in [5.41, 5.74) is 4.46. The third kappa shape index (κ3) is 5.49. The summed E-state index contributed by atoms with van der Waals surface area (Å²) in [5.74, 6) is -0.644. The summed E-state index contributed by atoms with van der Waals surface area (Å²) in [6, 6.07) is 18.4. The van der Waals surface area contributed by atoms with Crippen molar-refractivity contribution in [1.82, 2.24) is 16.2 Å². The third-order valence-electron chi connectivity index (χ3n) is 3.95. The maximum atomic E-state index is 12.0. The minimum atomic E-state index is -0.650. The van der Waals surface area contributed by atoms with Gasteiger partial charge in [-0.3, -0.25) is 35.9 Å². The standard InChI is InChI=1S/C20H16N4O5S/c25-18(12-29-17-9-8-13-4-1-2-5-14(13)11-17)21-20(30)23-22-19(26)15-6-3-7-16(10-15)24(27)28/h1-11H,12H2,(H,22,26)(H2,21,23,25,30). The van der Waals surface area contributed by atoms with Crippen molar-refractivity contribution in [3.63, 3.8) is 0 Å². The molecule has 3 rings (SSSR count). The zero-order valence-electron chi connectivity index (χ0n) is 15.5. The number of nitro groups is 1. The Kier molecular flexibility index (Phi) is 6.50. The van der Waals surface area contributed by atoms with Crippen molar-refractivity contribution in [2.75, 3.05) is 6.61 Å². The number of nitro benzene ring substituents is 1. The van der Waals surface area contributed by atoms with E-state index >= 15 is 0 Å². The smallest absolute Gasteiger partial charge is 0.270 e. The Morgan fingerprint density at radius 3 is 2.50 bits per heavy atom. The number of nitrogens with zero attached hydrogens (tertiary/aromatic N) is 1. The highest BCUT2D eigenvalue weighted by Crippen LogP contribution is 2.20. The van der Waals surface area contributed by atoms with Crippen molar-refractivity contribution in [3.05, 3.63) is 82.4 Å². The molecule has 0 bridgehead atoms. The summed E-state index contributed by atoms with van der Waals surface area (Å²) in [7, 11) is 0. The average molecular weight is 424 g/mol. The number of hydrogen-bond acceptors (Lipinski definition) is 6. The summed E-state index contributed by atoms with van der Waals surface area (Å²) >= 11 is 4.94. The lowest BCUT2D eigenvalue weighted by Crippen LogP contribution is -2.49. The Morgan fingerprint density at radius 2 is 1.73 bits per heavy atom. The number of carbonyl (C=O) groups is 2. The van der Waals surface area contributed by atoms with Gasteiger partial charge in [0.1, 0.15) is 5.75 Å². The largest absolute Gasteiger partial charge is 0.484 e. The molecule has 0 saturated heterocycles. The number of amides is 2. The maximum absolute atomic E-state index is 12.0. The number of rotatable bonds is 5. The topological polar surface area (TPSA) is 123 Å². The normalized spacial score (nSPS) is 10.1. The molecule has 0 aliphatic heterocycles. The molecule has 0 spiro atoms.